The second-order valence-corrected chi connectivity index (χ2v) is 7.29. The predicted octanol–water partition coefficient (Wildman–Crippen LogP) is 3.53. The van der Waals surface area contributed by atoms with Crippen LogP contribution in [-0.4, -0.2) is 23.8 Å². The summed E-state index contributed by atoms with van der Waals surface area (Å²) in [5, 5.41) is 2.78. The molecule has 0 aliphatic rings. The SMILES string of the molecule is CC(C)CC(=O)Nc1ccc(C(=O)NNC(=O)c2ccccc2OC(C)C)cc1. The first-order chi connectivity index (χ1) is 13.8. The van der Waals surface area contributed by atoms with Gasteiger partial charge in [0.1, 0.15) is 5.75 Å². The van der Waals surface area contributed by atoms with Crippen LogP contribution in [0.1, 0.15) is 54.8 Å². The van der Waals surface area contributed by atoms with E-state index < -0.39 is 11.8 Å². The third kappa shape index (κ3) is 6.95. The summed E-state index contributed by atoms with van der Waals surface area (Å²) in [5.74, 6) is -0.324. The number of para-hydroxylation sites is 1. The van der Waals surface area contributed by atoms with Gasteiger partial charge in [-0.15, -0.1) is 0 Å². The molecule has 2 aromatic carbocycles. The highest BCUT2D eigenvalue weighted by molar-refractivity contribution is 6.00. The second-order valence-electron chi connectivity index (χ2n) is 7.29. The van der Waals surface area contributed by atoms with Crippen molar-refractivity contribution in [1.29, 1.82) is 0 Å². The van der Waals surface area contributed by atoms with E-state index in [2.05, 4.69) is 16.2 Å². The van der Waals surface area contributed by atoms with Crippen molar-refractivity contribution in [1.82, 2.24) is 10.9 Å². The Balaban J connectivity index is 1.94. The number of hydrogen-bond acceptors (Lipinski definition) is 4. The first-order valence-corrected chi connectivity index (χ1v) is 9.52. The molecular weight excluding hydrogens is 370 g/mol. The van der Waals surface area contributed by atoms with Crippen LogP contribution in [0.25, 0.3) is 0 Å². The number of amides is 3. The van der Waals surface area contributed by atoms with Crippen molar-refractivity contribution in [3.63, 3.8) is 0 Å². The fourth-order valence-corrected chi connectivity index (χ4v) is 2.55. The topological polar surface area (TPSA) is 96.5 Å². The van der Waals surface area contributed by atoms with Crippen molar-refractivity contribution in [2.75, 3.05) is 5.32 Å². The average molecular weight is 397 g/mol. The fraction of sp³-hybridized carbons (Fsp3) is 0.318. The molecule has 0 radical (unpaired) electrons. The van der Waals surface area contributed by atoms with Gasteiger partial charge in [0, 0.05) is 17.7 Å². The average Bonchev–Trinajstić information content (AvgIpc) is 2.65. The Bertz CT molecular complexity index is 861. The number of benzene rings is 2. The molecule has 29 heavy (non-hydrogen) atoms. The highest BCUT2D eigenvalue weighted by Gasteiger charge is 2.14. The van der Waals surface area contributed by atoms with Crippen LogP contribution < -0.4 is 20.9 Å². The fourth-order valence-electron chi connectivity index (χ4n) is 2.55. The predicted molar refractivity (Wildman–Crippen MR) is 112 cm³/mol. The van der Waals surface area contributed by atoms with E-state index in [-0.39, 0.29) is 17.9 Å². The lowest BCUT2D eigenvalue weighted by molar-refractivity contribution is -0.116. The van der Waals surface area contributed by atoms with Crippen LogP contribution in [0.4, 0.5) is 5.69 Å². The standard InChI is InChI=1S/C22H27N3O4/c1-14(2)13-20(26)23-17-11-9-16(10-12-17)21(27)24-25-22(28)18-7-5-6-8-19(18)29-15(3)4/h5-12,14-15H,13H2,1-4H3,(H,23,26)(H,24,27)(H,25,28). The van der Waals surface area contributed by atoms with E-state index in [0.29, 0.717) is 29.0 Å². The zero-order valence-electron chi connectivity index (χ0n) is 17.1. The molecule has 154 valence electrons. The lowest BCUT2D eigenvalue weighted by Gasteiger charge is -2.14. The van der Waals surface area contributed by atoms with Crippen LogP contribution in [0.3, 0.4) is 0 Å². The van der Waals surface area contributed by atoms with E-state index in [1.807, 2.05) is 27.7 Å². The summed E-state index contributed by atoms with van der Waals surface area (Å²) < 4.78 is 5.62. The third-order valence-electron chi connectivity index (χ3n) is 3.81. The molecule has 7 heteroatoms. The first-order valence-electron chi connectivity index (χ1n) is 9.52. The normalized spacial score (nSPS) is 10.6. The van der Waals surface area contributed by atoms with Gasteiger partial charge >= 0.3 is 0 Å². The van der Waals surface area contributed by atoms with E-state index in [9.17, 15) is 14.4 Å². The maximum Gasteiger partial charge on any atom is 0.273 e. The Morgan fingerprint density at radius 3 is 2.10 bits per heavy atom. The molecule has 0 heterocycles. The number of carbonyl (C=O) groups excluding carboxylic acids is 3. The smallest absolute Gasteiger partial charge is 0.273 e. The number of nitrogens with one attached hydrogen (secondary N) is 3. The molecule has 2 aromatic rings. The summed E-state index contributed by atoms with van der Waals surface area (Å²) in [5.41, 5.74) is 6.05. The molecule has 0 fully saturated rings. The van der Waals surface area contributed by atoms with E-state index in [4.69, 9.17) is 4.74 Å². The Morgan fingerprint density at radius 2 is 1.48 bits per heavy atom. The van der Waals surface area contributed by atoms with Crippen molar-refractivity contribution in [3.8, 4) is 5.75 Å². The van der Waals surface area contributed by atoms with Gasteiger partial charge in [0.25, 0.3) is 11.8 Å². The zero-order chi connectivity index (χ0) is 21.4. The molecule has 0 aromatic heterocycles. The van der Waals surface area contributed by atoms with Crippen LogP contribution in [0.5, 0.6) is 5.75 Å². The molecule has 0 spiro atoms. The van der Waals surface area contributed by atoms with Gasteiger partial charge in [-0.05, 0) is 56.2 Å². The molecule has 7 nitrogen and oxygen atoms in total. The van der Waals surface area contributed by atoms with Crippen molar-refractivity contribution in [2.24, 2.45) is 5.92 Å². The van der Waals surface area contributed by atoms with Crippen molar-refractivity contribution >= 4 is 23.4 Å². The molecule has 0 atom stereocenters. The van der Waals surface area contributed by atoms with Gasteiger partial charge in [-0.3, -0.25) is 25.2 Å². The summed E-state index contributed by atoms with van der Waals surface area (Å²) in [6.45, 7) is 7.67. The van der Waals surface area contributed by atoms with Crippen molar-refractivity contribution in [3.05, 3.63) is 59.7 Å². The summed E-state index contributed by atoms with van der Waals surface area (Å²) in [6, 6.07) is 13.2. The largest absolute Gasteiger partial charge is 0.490 e. The maximum absolute atomic E-state index is 12.4. The van der Waals surface area contributed by atoms with E-state index in [1.54, 1.807) is 48.5 Å². The molecule has 0 unspecified atom stereocenters. The van der Waals surface area contributed by atoms with E-state index >= 15 is 0 Å². The molecule has 0 bridgehead atoms. The Morgan fingerprint density at radius 1 is 0.862 bits per heavy atom. The number of hydrazine groups is 1. The molecule has 0 saturated carbocycles. The summed E-state index contributed by atoms with van der Waals surface area (Å²) in [7, 11) is 0. The number of hydrogen-bond donors (Lipinski definition) is 3. The number of ether oxygens (including phenoxy) is 1. The molecule has 0 saturated heterocycles. The molecule has 0 aliphatic heterocycles. The monoisotopic (exact) mass is 397 g/mol. The molecule has 3 N–H and O–H groups in total. The minimum absolute atomic E-state index is 0.0771. The van der Waals surface area contributed by atoms with Gasteiger partial charge in [-0.25, -0.2) is 0 Å². The van der Waals surface area contributed by atoms with Gasteiger partial charge < -0.3 is 10.1 Å². The van der Waals surface area contributed by atoms with Gasteiger partial charge in [-0.1, -0.05) is 26.0 Å². The lowest BCUT2D eigenvalue weighted by Crippen LogP contribution is -2.41. The van der Waals surface area contributed by atoms with Crippen LogP contribution in [0.15, 0.2) is 48.5 Å². The maximum atomic E-state index is 12.4. The van der Waals surface area contributed by atoms with E-state index in [1.165, 1.54) is 0 Å². The van der Waals surface area contributed by atoms with Gasteiger partial charge in [0.05, 0.1) is 11.7 Å². The number of rotatable bonds is 7. The molecule has 0 aliphatic carbocycles. The van der Waals surface area contributed by atoms with Gasteiger partial charge in [0.15, 0.2) is 0 Å². The quantitative estimate of drug-likeness (QED) is 0.623. The minimum atomic E-state index is -0.479. The highest BCUT2D eigenvalue weighted by atomic mass is 16.5. The van der Waals surface area contributed by atoms with Crippen LogP contribution in [-0.2, 0) is 4.79 Å². The first kappa shape index (κ1) is 21.9. The second kappa shape index (κ2) is 10.3. The highest BCUT2D eigenvalue weighted by Crippen LogP contribution is 2.19. The number of anilines is 1. The summed E-state index contributed by atoms with van der Waals surface area (Å²) >= 11 is 0. The molecule has 2 rings (SSSR count). The minimum Gasteiger partial charge on any atom is -0.490 e. The van der Waals surface area contributed by atoms with Crippen molar-refractivity contribution < 1.29 is 19.1 Å². The van der Waals surface area contributed by atoms with Crippen LogP contribution >= 0.6 is 0 Å². The zero-order valence-corrected chi connectivity index (χ0v) is 17.1. The summed E-state index contributed by atoms with van der Waals surface area (Å²) in [6.07, 6.45) is 0.342. The van der Waals surface area contributed by atoms with Gasteiger partial charge in [-0.2, -0.15) is 0 Å². The van der Waals surface area contributed by atoms with E-state index in [0.717, 1.165) is 0 Å². The Kier molecular flexibility index (Phi) is 7.77. The molecular formula is C22H27N3O4. The Hall–Kier alpha value is -3.35. The molecule has 3 amide bonds. The number of carbonyl (C=O) groups is 3. The van der Waals surface area contributed by atoms with Crippen LogP contribution in [0, 0.1) is 5.92 Å². The lowest BCUT2D eigenvalue weighted by atomic mass is 10.1. The van der Waals surface area contributed by atoms with Crippen LogP contribution in [0.2, 0.25) is 0 Å². The Labute approximate surface area is 170 Å². The van der Waals surface area contributed by atoms with Crippen molar-refractivity contribution in [2.45, 2.75) is 40.2 Å². The third-order valence-corrected chi connectivity index (χ3v) is 3.81. The van der Waals surface area contributed by atoms with Gasteiger partial charge in [0.2, 0.25) is 5.91 Å². The summed E-state index contributed by atoms with van der Waals surface area (Å²) in [4.78, 5) is 36.5.